The first kappa shape index (κ1) is 19.7. The van der Waals surface area contributed by atoms with E-state index >= 15 is 0 Å². The number of ether oxygens (including phenoxy) is 1. The first-order valence-corrected chi connectivity index (χ1v) is 9.65. The number of para-hydroxylation sites is 3. The smallest absolute Gasteiger partial charge is 0.375 e. The topological polar surface area (TPSA) is 88.9 Å². The molecule has 0 spiro atoms. The molecule has 0 bridgehead atoms. The minimum Gasteiger partial charge on any atom is -0.449 e. The highest BCUT2D eigenvalue weighted by molar-refractivity contribution is 6.15. The van der Waals surface area contributed by atoms with Gasteiger partial charge in [-0.15, -0.1) is 0 Å². The number of hydrogen-bond donors (Lipinski definition) is 1. The third-order valence-electron chi connectivity index (χ3n) is 5.39. The molecule has 4 rings (SSSR count). The fourth-order valence-electron chi connectivity index (χ4n) is 3.66. The molecule has 0 aliphatic carbocycles. The minimum absolute atomic E-state index is 0.0619. The second-order valence-electron chi connectivity index (χ2n) is 7.80. The normalized spacial score (nSPS) is 16.0. The van der Waals surface area contributed by atoms with Crippen LogP contribution in [0.2, 0.25) is 0 Å². The van der Waals surface area contributed by atoms with Crippen LogP contribution in [0.5, 0.6) is 0 Å². The van der Waals surface area contributed by atoms with Gasteiger partial charge in [-0.1, -0.05) is 30.3 Å². The van der Waals surface area contributed by atoms with Crippen LogP contribution >= 0.6 is 0 Å². The van der Waals surface area contributed by atoms with Crippen LogP contribution in [-0.2, 0) is 14.3 Å². The Kier molecular flexibility index (Phi) is 4.61. The molecule has 1 aliphatic rings. The van der Waals surface area contributed by atoms with Gasteiger partial charge in [-0.05, 0) is 45.9 Å². The number of fused-ring (bicyclic) bond motifs is 2. The molecule has 0 unspecified atom stereocenters. The summed E-state index contributed by atoms with van der Waals surface area (Å²) >= 11 is 0. The average molecular weight is 406 g/mol. The van der Waals surface area contributed by atoms with Gasteiger partial charge in [0.25, 0.3) is 5.91 Å². The summed E-state index contributed by atoms with van der Waals surface area (Å²) in [6, 6.07) is 14.3. The lowest BCUT2D eigenvalue weighted by atomic mass is 9.95. The molecule has 2 heterocycles. The summed E-state index contributed by atoms with van der Waals surface area (Å²) < 4.78 is 11.1. The van der Waals surface area contributed by atoms with Gasteiger partial charge in [-0.3, -0.25) is 14.5 Å². The van der Waals surface area contributed by atoms with Gasteiger partial charge in [0.2, 0.25) is 11.7 Å². The zero-order chi connectivity index (χ0) is 21.6. The number of furan rings is 1. The number of amides is 2. The molecule has 1 N–H and O–H groups in total. The number of rotatable bonds is 3. The first-order chi connectivity index (χ1) is 14.2. The van der Waals surface area contributed by atoms with E-state index in [0.717, 1.165) is 5.39 Å². The van der Waals surface area contributed by atoms with E-state index in [1.807, 2.05) is 18.2 Å². The monoisotopic (exact) mass is 406 g/mol. The van der Waals surface area contributed by atoms with Gasteiger partial charge in [-0.2, -0.15) is 0 Å². The second kappa shape index (κ2) is 7.02. The highest BCUT2D eigenvalue weighted by Crippen LogP contribution is 2.37. The lowest BCUT2D eigenvalue weighted by molar-refractivity contribution is -0.131. The highest BCUT2D eigenvalue weighted by atomic mass is 16.6. The summed E-state index contributed by atoms with van der Waals surface area (Å²) in [6.07, 6.45) is -1.12. The van der Waals surface area contributed by atoms with E-state index < -0.39 is 23.5 Å². The summed E-state index contributed by atoms with van der Waals surface area (Å²) in [5, 5.41) is 3.62. The lowest BCUT2D eigenvalue weighted by Crippen LogP contribution is -2.60. The first-order valence-electron chi connectivity index (χ1n) is 9.65. The Labute approximate surface area is 173 Å². The highest BCUT2D eigenvalue weighted by Gasteiger charge is 2.45. The van der Waals surface area contributed by atoms with Crippen molar-refractivity contribution in [2.24, 2.45) is 0 Å². The SMILES string of the molecule is Cc1c(C(=O)O[C@@H](C)C(=O)N2c3ccccc3NC(=O)C2(C)C)oc2ccccc12. The molecule has 1 aliphatic heterocycles. The number of nitrogens with one attached hydrogen (secondary N) is 1. The molecule has 0 saturated carbocycles. The number of aryl methyl sites for hydroxylation is 1. The van der Waals surface area contributed by atoms with E-state index in [-0.39, 0.29) is 11.7 Å². The maximum atomic E-state index is 13.3. The van der Waals surface area contributed by atoms with Crippen molar-refractivity contribution in [3.05, 3.63) is 59.9 Å². The summed E-state index contributed by atoms with van der Waals surface area (Å²) in [5.74, 6) is -1.48. The van der Waals surface area contributed by atoms with Crippen LogP contribution in [0.25, 0.3) is 11.0 Å². The third kappa shape index (κ3) is 3.03. The molecule has 7 heteroatoms. The van der Waals surface area contributed by atoms with E-state index in [4.69, 9.17) is 9.15 Å². The Balaban J connectivity index is 1.62. The summed E-state index contributed by atoms with van der Waals surface area (Å²) in [7, 11) is 0. The molecule has 30 heavy (non-hydrogen) atoms. The van der Waals surface area contributed by atoms with Crippen molar-refractivity contribution in [1.29, 1.82) is 0 Å². The lowest BCUT2D eigenvalue weighted by Gasteiger charge is -2.42. The van der Waals surface area contributed by atoms with Crippen molar-refractivity contribution < 1.29 is 23.5 Å². The van der Waals surface area contributed by atoms with Crippen molar-refractivity contribution in [2.75, 3.05) is 10.2 Å². The molecule has 1 aromatic heterocycles. The quantitative estimate of drug-likeness (QED) is 0.663. The predicted octanol–water partition coefficient (Wildman–Crippen LogP) is 4.05. The summed E-state index contributed by atoms with van der Waals surface area (Å²) in [6.45, 7) is 6.55. The molecular formula is C23H22N2O5. The van der Waals surface area contributed by atoms with Gasteiger partial charge in [0.1, 0.15) is 11.1 Å². The molecule has 2 aromatic carbocycles. The maximum Gasteiger partial charge on any atom is 0.375 e. The van der Waals surface area contributed by atoms with Crippen LogP contribution < -0.4 is 10.2 Å². The van der Waals surface area contributed by atoms with E-state index in [9.17, 15) is 14.4 Å². The Morgan fingerprint density at radius 2 is 1.77 bits per heavy atom. The van der Waals surface area contributed by atoms with Crippen molar-refractivity contribution in [3.8, 4) is 0 Å². The number of benzene rings is 2. The van der Waals surface area contributed by atoms with E-state index in [2.05, 4.69) is 5.32 Å². The van der Waals surface area contributed by atoms with Gasteiger partial charge < -0.3 is 14.5 Å². The minimum atomic E-state index is -1.15. The van der Waals surface area contributed by atoms with Gasteiger partial charge in [0, 0.05) is 10.9 Å². The molecule has 3 aromatic rings. The van der Waals surface area contributed by atoms with Gasteiger partial charge >= 0.3 is 5.97 Å². The van der Waals surface area contributed by atoms with Gasteiger partial charge in [0.15, 0.2) is 6.10 Å². The van der Waals surface area contributed by atoms with Gasteiger partial charge in [-0.25, -0.2) is 4.79 Å². The van der Waals surface area contributed by atoms with Crippen LogP contribution in [0.15, 0.2) is 52.9 Å². The number of carbonyl (C=O) groups excluding carboxylic acids is 3. The standard InChI is InChI=1S/C23H22N2O5/c1-13-15-9-5-8-12-18(15)30-19(13)21(27)29-14(2)20(26)25-17-11-7-6-10-16(17)24-22(28)23(25,3)4/h5-12,14H,1-4H3,(H,24,28)/t14-/m0/s1. The van der Waals surface area contributed by atoms with Crippen LogP contribution in [-0.4, -0.2) is 29.4 Å². The number of nitrogens with zero attached hydrogens (tertiary/aromatic N) is 1. The number of hydrogen-bond acceptors (Lipinski definition) is 5. The Hall–Kier alpha value is -3.61. The second-order valence-corrected chi connectivity index (χ2v) is 7.80. The number of anilines is 2. The average Bonchev–Trinajstić information content (AvgIpc) is 3.05. The molecular weight excluding hydrogens is 384 g/mol. The van der Waals surface area contributed by atoms with Crippen LogP contribution in [0, 0.1) is 6.92 Å². The van der Waals surface area contributed by atoms with Crippen molar-refractivity contribution >= 4 is 40.1 Å². The van der Waals surface area contributed by atoms with Crippen molar-refractivity contribution in [1.82, 2.24) is 0 Å². The maximum absolute atomic E-state index is 13.3. The zero-order valence-electron chi connectivity index (χ0n) is 17.2. The van der Waals surface area contributed by atoms with Crippen LogP contribution in [0.4, 0.5) is 11.4 Å². The largest absolute Gasteiger partial charge is 0.449 e. The molecule has 0 fully saturated rings. The third-order valence-corrected chi connectivity index (χ3v) is 5.39. The summed E-state index contributed by atoms with van der Waals surface area (Å²) in [4.78, 5) is 40.0. The van der Waals surface area contributed by atoms with Crippen LogP contribution in [0.3, 0.4) is 0 Å². The van der Waals surface area contributed by atoms with E-state index in [0.29, 0.717) is 22.5 Å². The van der Waals surface area contributed by atoms with Crippen LogP contribution in [0.1, 0.15) is 36.9 Å². The molecule has 0 saturated heterocycles. The molecule has 0 radical (unpaired) electrons. The zero-order valence-corrected chi connectivity index (χ0v) is 17.2. The fraction of sp³-hybridized carbons (Fsp3) is 0.261. The summed E-state index contributed by atoms with van der Waals surface area (Å²) in [5.41, 5.74) is 1.15. The van der Waals surface area contributed by atoms with Crippen molar-refractivity contribution in [3.63, 3.8) is 0 Å². The predicted molar refractivity (Wildman–Crippen MR) is 112 cm³/mol. The molecule has 7 nitrogen and oxygen atoms in total. The van der Waals surface area contributed by atoms with E-state index in [1.165, 1.54) is 11.8 Å². The van der Waals surface area contributed by atoms with Gasteiger partial charge in [0.05, 0.1) is 11.4 Å². The fourth-order valence-corrected chi connectivity index (χ4v) is 3.66. The Bertz CT molecular complexity index is 1180. The van der Waals surface area contributed by atoms with E-state index in [1.54, 1.807) is 51.1 Å². The Morgan fingerprint density at radius 1 is 1.10 bits per heavy atom. The number of esters is 1. The Morgan fingerprint density at radius 3 is 2.50 bits per heavy atom. The number of carbonyl (C=O) groups is 3. The molecule has 1 atom stereocenters. The molecule has 154 valence electrons. The van der Waals surface area contributed by atoms with Crippen molar-refractivity contribution in [2.45, 2.75) is 39.3 Å². The molecule has 2 amide bonds.